The molecule has 1 aliphatic carbocycles. The van der Waals surface area contributed by atoms with E-state index < -0.39 is 11.2 Å². The van der Waals surface area contributed by atoms with Gasteiger partial charge in [-0.25, -0.2) is 4.79 Å². The summed E-state index contributed by atoms with van der Waals surface area (Å²) in [6.45, 7) is 9.71. The lowest BCUT2D eigenvalue weighted by molar-refractivity contribution is -0.131. The number of carbonyl (C=O) groups is 1. The highest BCUT2D eigenvalue weighted by molar-refractivity contribution is 5.79. The molecule has 2 N–H and O–H groups in total. The molecule has 1 aromatic heterocycles. The van der Waals surface area contributed by atoms with Gasteiger partial charge in [0.25, 0.3) is 5.56 Å². The first-order valence-corrected chi connectivity index (χ1v) is 9.69. The number of amides is 1. The fourth-order valence-electron chi connectivity index (χ4n) is 3.88. The normalized spacial score (nSPS) is 21.8. The zero-order valence-electron chi connectivity index (χ0n) is 16.0. The van der Waals surface area contributed by atoms with Crippen LogP contribution in [-0.4, -0.2) is 57.9 Å². The van der Waals surface area contributed by atoms with Crippen LogP contribution in [0.5, 0.6) is 0 Å². The maximum absolute atomic E-state index is 12.9. The minimum atomic E-state index is -0.533. The standard InChI is InChI=1S/C19H30N4O3/c1-12(2)16-11-23(8-4-7-22(16)10-14-5-6-14)17(24)9-15-13(3)20-19(26)21-18(15)25/h12,14,16H,4-11H2,1-3H3,(H2,20,21,25,26). The Morgan fingerprint density at radius 3 is 2.54 bits per heavy atom. The molecule has 144 valence electrons. The van der Waals surface area contributed by atoms with Crippen LogP contribution in [0.15, 0.2) is 9.59 Å². The Bertz CT molecular complexity index is 763. The number of nitrogens with one attached hydrogen (secondary N) is 2. The van der Waals surface area contributed by atoms with Gasteiger partial charge in [0.15, 0.2) is 0 Å². The number of aryl methyl sites for hydroxylation is 1. The van der Waals surface area contributed by atoms with E-state index in [0.717, 1.165) is 32.0 Å². The summed E-state index contributed by atoms with van der Waals surface area (Å²) >= 11 is 0. The van der Waals surface area contributed by atoms with Gasteiger partial charge in [0.1, 0.15) is 0 Å². The molecule has 0 bridgehead atoms. The van der Waals surface area contributed by atoms with Gasteiger partial charge in [0.05, 0.1) is 6.42 Å². The average Bonchev–Trinajstić information content (AvgIpc) is 3.38. The zero-order chi connectivity index (χ0) is 18.8. The first-order valence-electron chi connectivity index (χ1n) is 9.69. The minimum Gasteiger partial charge on any atom is -0.341 e. The Balaban J connectivity index is 1.72. The second-order valence-electron chi connectivity index (χ2n) is 8.13. The summed E-state index contributed by atoms with van der Waals surface area (Å²) < 4.78 is 0. The first-order chi connectivity index (χ1) is 12.3. The van der Waals surface area contributed by atoms with E-state index in [2.05, 4.69) is 28.7 Å². The third-order valence-corrected chi connectivity index (χ3v) is 5.64. The molecule has 3 rings (SSSR count). The average molecular weight is 362 g/mol. The number of aromatic nitrogens is 2. The van der Waals surface area contributed by atoms with Crippen molar-refractivity contribution >= 4 is 5.91 Å². The SMILES string of the molecule is Cc1[nH]c(=O)[nH]c(=O)c1CC(=O)N1CCCN(CC2CC2)C(C(C)C)C1. The van der Waals surface area contributed by atoms with Crippen LogP contribution in [0.1, 0.15) is 44.4 Å². The van der Waals surface area contributed by atoms with Crippen LogP contribution in [-0.2, 0) is 11.2 Å². The van der Waals surface area contributed by atoms with Crippen LogP contribution in [0.3, 0.4) is 0 Å². The molecule has 2 heterocycles. The van der Waals surface area contributed by atoms with E-state index in [1.165, 1.54) is 12.8 Å². The molecule has 1 saturated heterocycles. The highest BCUT2D eigenvalue weighted by atomic mass is 16.2. The van der Waals surface area contributed by atoms with Crippen molar-refractivity contribution in [1.29, 1.82) is 0 Å². The summed E-state index contributed by atoms with van der Waals surface area (Å²) in [6.07, 6.45) is 3.66. The second kappa shape index (κ2) is 7.78. The third kappa shape index (κ3) is 4.44. The van der Waals surface area contributed by atoms with Crippen molar-refractivity contribution in [3.63, 3.8) is 0 Å². The fraction of sp³-hybridized carbons (Fsp3) is 0.737. The summed E-state index contributed by atoms with van der Waals surface area (Å²) in [6, 6.07) is 0.358. The number of carbonyl (C=O) groups excluding carboxylic acids is 1. The molecule has 0 spiro atoms. The lowest BCUT2D eigenvalue weighted by Gasteiger charge is -2.34. The van der Waals surface area contributed by atoms with Gasteiger partial charge in [-0.1, -0.05) is 13.8 Å². The molecule has 0 radical (unpaired) electrons. The Hall–Kier alpha value is -1.89. The Morgan fingerprint density at radius 1 is 1.19 bits per heavy atom. The monoisotopic (exact) mass is 362 g/mol. The van der Waals surface area contributed by atoms with Gasteiger partial charge in [-0.15, -0.1) is 0 Å². The molecule has 1 atom stereocenters. The lowest BCUT2D eigenvalue weighted by atomic mass is 10.0. The predicted octanol–water partition coefficient (Wildman–Crippen LogP) is 0.883. The van der Waals surface area contributed by atoms with Gasteiger partial charge < -0.3 is 9.88 Å². The minimum absolute atomic E-state index is 0.0331. The van der Waals surface area contributed by atoms with E-state index in [1.54, 1.807) is 6.92 Å². The maximum atomic E-state index is 12.9. The third-order valence-electron chi connectivity index (χ3n) is 5.64. The molecule has 0 aromatic carbocycles. The summed E-state index contributed by atoms with van der Waals surface area (Å²) in [5.41, 5.74) is -0.174. The number of rotatable bonds is 5. The van der Waals surface area contributed by atoms with Crippen molar-refractivity contribution in [1.82, 2.24) is 19.8 Å². The molecule has 7 heteroatoms. The van der Waals surface area contributed by atoms with Crippen molar-refractivity contribution in [3.8, 4) is 0 Å². The first kappa shape index (κ1) is 18.9. The molecule has 1 amide bonds. The maximum Gasteiger partial charge on any atom is 0.325 e. The number of hydrogen-bond acceptors (Lipinski definition) is 4. The van der Waals surface area contributed by atoms with Crippen molar-refractivity contribution in [3.05, 3.63) is 32.1 Å². The topological polar surface area (TPSA) is 89.3 Å². The van der Waals surface area contributed by atoms with Crippen LogP contribution >= 0.6 is 0 Å². The fourth-order valence-corrected chi connectivity index (χ4v) is 3.88. The summed E-state index contributed by atoms with van der Waals surface area (Å²) in [5.74, 6) is 1.27. The van der Waals surface area contributed by atoms with E-state index in [0.29, 0.717) is 29.8 Å². The number of hydrogen-bond donors (Lipinski definition) is 2. The summed E-state index contributed by atoms with van der Waals surface area (Å²) in [4.78, 5) is 45.5. The lowest BCUT2D eigenvalue weighted by Crippen LogP contribution is -2.47. The zero-order valence-corrected chi connectivity index (χ0v) is 16.0. The van der Waals surface area contributed by atoms with Crippen molar-refractivity contribution in [2.45, 2.75) is 52.5 Å². The van der Waals surface area contributed by atoms with Gasteiger partial charge in [-0.05, 0) is 38.0 Å². The van der Waals surface area contributed by atoms with Gasteiger partial charge in [-0.3, -0.25) is 19.5 Å². The van der Waals surface area contributed by atoms with E-state index in [1.807, 2.05) is 4.90 Å². The Labute approximate surface area is 153 Å². The van der Waals surface area contributed by atoms with E-state index in [9.17, 15) is 14.4 Å². The predicted molar refractivity (Wildman–Crippen MR) is 100 cm³/mol. The number of aromatic amines is 2. The Morgan fingerprint density at radius 2 is 1.92 bits per heavy atom. The van der Waals surface area contributed by atoms with Crippen LogP contribution in [0.2, 0.25) is 0 Å². The molecular formula is C19H30N4O3. The molecule has 1 unspecified atom stereocenters. The number of H-pyrrole nitrogens is 2. The quantitative estimate of drug-likeness (QED) is 0.814. The highest BCUT2D eigenvalue weighted by Gasteiger charge is 2.33. The highest BCUT2D eigenvalue weighted by Crippen LogP contribution is 2.31. The van der Waals surface area contributed by atoms with E-state index in [4.69, 9.17) is 0 Å². The molecule has 1 saturated carbocycles. The van der Waals surface area contributed by atoms with Gasteiger partial charge >= 0.3 is 5.69 Å². The van der Waals surface area contributed by atoms with Gasteiger partial charge in [0.2, 0.25) is 5.91 Å². The number of nitrogens with zero attached hydrogens (tertiary/aromatic N) is 2. The molecule has 1 aliphatic heterocycles. The second-order valence-corrected chi connectivity index (χ2v) is 8.13. The van der Waals surface area contributed by atoms with E-state index >= 15 is 0 Å². The Kier molecular flexibility index (Phi) is 5.65. The summed E-state index contributed by atoms with van der Waals surface area (Å²) in [7, 11) is 0. The van der Waals surface area contributed by atoms with Gasteiger partial charge in [0, 0.05) is 43.5 Å². The summed E-state index contributed by atoms with van der Waals surface area (Å²) in [5, 5.41) is 0. The van der Waals surface area contributed by atoms with E-state index in [-0.39, 0.29) is 12.3 Å². The van der Waals surface area contributed by atoms with Crippen LogP contribution in [0.25, 0.3) is 0 Å². The van der Waals surface area contributed by atoms with Crippen LogP contribution < -0.4 is 11.2 Å². The molecule has 2 fully saturated rings. The van der Waals surface area contributed by atoms with Crippen molar-refractivity contribution in [2.24, 2.45) is 11.8 Å². The molecule has 2 aliphatic rings. The molecule has 1 aromatic rings. The van der Waals surface area contributed by atoms with Crippen molar-refractivity contribution < 1.29 is 4.79 Å². The molecular weight excluding hydrogens is 332 g/mol. The van der Waals surface area contributed by atoms with Crippen molar-refractivity contribution in [2.75, 3.05) is 26.2 Å². The smallest absolute Gasteiger partial charge is 0.325 e. The molecule has 26 heavy (non-hydrogen) atoms. The molecule has 7 nitrogen and oxygen atoms in total. The van der Waals surface area contributed by atoms with Crippen LogP contribution in [0.4, 0.5) is 0 Å². The van der Waals surface area contributed by atoms with Crippen LogP contribution in [0, 0.1) is 18.8 Å². The van der Waals surface area contributed by atoms with Gasteiger partial charge in [-0.2, -0.15) is 0 Å². The largest absolute Gasteiger partial charge is 0.341 e.